The molecular formula is C17H12F3N5O2. The summed E-state index contributed by atoms with van der Waals surface area (Å²) in [6.45, 7) is 0. The average Bonchev–Trinajstić information content (AvgIpc) is 2.62. The fraction of sp³-hybridized carbons (Fsp3) is 0.0588. The van der Waals surface area contributed by atoms with Crippen LogP contribution in [-0.2, 0) is 6.18 Å². The Kier molecular flexibility index (Phi) is 4.88. The van der Waals surface area contributed by atoms with E-state index in [-0.39, 0.29) is 17.4 Å². The standard InChI is InChI=1S/C17H12F3N5O2/c18-17(19,20)13-5-4-12(7-23-13)27-15-9-22-8-14(24-15)25-16(26)10-2-1-3-11(21)6-10/h1-9H,21H2,(H,24,25,26). The van der Waals surface area contributed by atoms with Gasteiger partial charge in [0.2, 0.25) is 5.88 Å². The monoisotopic (exact) mass is 375 g/mol. The highest BCUT2D eigenvalue weighted by Crippen LogP contribution is 2.29. The number of nitrogens with zero attached hydrogens (tertiary/aromatic N) is 3. The zero-order valence-electron chi connectivity index (χ0n) is 13.6. The number of amides is 1. The molecule has 0 fully saturated rings. The Hall–Kier alpha value is -3.69. The fourth-order valence-electron chi connectivity index (χ4n) is 2.05. The van der Waals surface area contributed by atoms with Crippen LogP contribution in [0.1, 0.15) is 16.1 Å². The molecule has 138 valence electrons. The first kappa shape index (κ1) is 18.1. The van der Waals surface area contributed by atoms with Crippen LogP contribution in [0.5, 0.6) is 11.6 Å². The van der Waals surface area contributed by atoms with Gasteiger partial charge < -0.3 is 15.8 Å². The molecule has 0 spiro atoms. The number of rotatable bonds is 4. The molecule has 0 aliphatic carbocycles. The van der Waals surface area contributed by atoms with Crippen molar-refractivity contribution >= 4 is 17.4 Å². The van der Waals surface area contributed by atoms with Crippen molar-refractivity contribution in [2.24, 2.45) is 0 Å². The van der Waals surface area contributed by atoms with Crippen molar-refractivity contribution in [1.82, 2.24) is 15.0 Å². The van der Waals surface area contributed by atoms with Crippen LogP contribution in [0.4, 0.5) is 24.7 Å². The molecule has 0 aliphatic rings. The number of aromatic nitrogens is 3. The van der Waals surface area contributed by atoms with E-state index in [2.05, 4.69) is 20.3 Å². The van der Waals surface area contributed by atoms with Crippen molar-refractivity contribution < 1.29 is 22.7 Å². The summed E-state index contributed by atoms with van der Waals surface area (Å²) in [5.41, 5.74) is 5.35. The van der Waals surface area contributed by atoms with Crippen LogP contribution in [0, 0.1) is 0 Å². The topological polar surface area (TPSA) is 103 Å². The molecule has 0 aliphatic heterocycles. The highest BCUT2D eigenvalue weighted by atomic mass is 19.4. The molecule has 2 aromatic heterocycles. The van der Waals surface area contributed by atoms with E-state index >= 15 is 0 Å². The van der Waals surface area contributed by atoms with Gasteiger partial charge in [0, 0.05) is 11.3 Å². The van der Waals surface area contributed by atoms with Crippen LogP contribution in [-0.4, -0.2) is 20.9 Å². The summed E-state index contributed by atoms with van der Waals surface area (Å²) in [4.78, 5) is 23.4. The van der Waals surface area contributed by atoms with Gasteiger partial charge in [-0.2, -0.15) is 18.2 Å². The number of benzene rings is 1. The van der Waals surface area contributed by atoms with Crippen LogP contribution in [0.25, 0.3) is 0 Å². The summed E-state index contributed by atoms with van der Waals surface area (Å²) < 4.78 is 42.9. The lowest BCUT2D eigenvalue weighted by Crippen LogP contribution is -2.13. The number of anilines is 2. The summed E-state index contributed by atoms with van der Waals surface area (Å²) in [6, 6.07) is 8.24. The number of alkyl halides is 3. The zero-order chi connectivity index (χ0) is 19.4. The number of hydrogen-bond donors (Lipinski definition) is 2. The third-order valence-corrected chi connectivity index (χ3v) is 3.25. The number of nitrogen functional groups attached to an aromatic ring is 1. The number of ether oxygens (including phenoxy) is 1. The molecule has 2 heterocycles. The Morgan fingerprint density at radius 1 is 1.11 bits per heavy atom. The molecule has 0 saturated heterocycles. The van der Waals surface area contributed by atoms with E-state index in [9.17, 15) is 18.0 Å². The van der Waals surface area contributed by atoms with Gasteiger partial charge in [0.25, 0.3) is 5.91 Å². The molecule has 1 amide bonds. The average molecular weight is 375 g/mol. The molecule has 0 atom stereocenters. The number of carbonyl (C=O) groups excluding carboxylic acids is 1. The highest BCUT2D eigenvalue weighted by Gasteiger charge is 2.32. The van der Waals surface area contributed by atoms with Gasteiger partial charge in [-0.1, -0.05) is 6.07 Å². The molecule has 7 nitrogen and oxygen atoms in total. The second-order valence-electron chi connectivity index (χ2n) is 5.30. The second-order valence-corrected chi connectivity index (χ2v) is 5.30. The van der Waals surface area contributed by atoms with Gasteiger partial charge >= 0.3 is 6.18 Å². The van der Waals surface area contributed by atoms with E-state index in [1.165, 1.54) is 18.5 Å². The summed E-state index contributed by atoms with van der Waals surface area (Å²) in [6.07, 6.45) is -1.08. The summed E-state index contributed by atoms with van der Waals surface area (Å²) in [5, 5.41) is 2.53. The molecule has 3 aromatic rings. The number of hydrogen-bond acceptors (Lipinski definition) is 6. The molecular weight excluding hydrogens is 363 g/mol. The van der Waals surface area contributed by atoms with Crippen molar-refractivity contribution in [2.45, 2.75) is 6.18 Å². The van der Waals surface area contributed by atoms with Gasteiger partial charge in [-0.15, -0.1) is 0 Å². The third-order valence-electron chi connectivity index (χ3n) is 3.25. The first-order valence-electron chi connectivity index (χ1n) is 7.51. The number of halogens is 3. The molecule has 27 heavy (non-hydrogen) atoms. The number of pyridine rings is 1. The maximum Gasteiger partial charge on any atom is 0.433 e. The lowest BCUT2D eigenvalue weighted by atomic mass is 10.2. The van der Waals surface area contributed by atoms with Gasteiger partial charge in [0.05, 0.1) is 18.6 Å². The molecule has 0 bridgehead atoms. The van der Waals surface area contributed by atoms with Crippen LogP contribution in [0.2, 0.25) is 0 Å². The molecule has 3 N–H and O–H groups in total. The van der Waals surface area contributed by atoms with Gasteiger partial charge in [-0.05, 0) is 30.3 Å². The molecule has 1 aromatic carbocycles. The Balaban J connectivity index is 1.71. The number of nitrogens with two attached hydrogens (primary N) is 1. The maximum absolute atomic E-state index is 12.5. The van der Waals surface area contributed by atoms with E-state index in [1.54, 1.807) is 18.2 Å². The van der Waals surface area contributed by atoms with Crippen molar-refractivity contribution in [1.29, 1.82) is 0 Å². The third kappa shape index (κ3) is 4.69. The van der Waals surface area contributed by atoms with Gasteiger partial charge in [0.1, 0.15) is 11.4 Å². The summed E-state index contributed by atoms with van der Waals surface area (Å²) in [7, 11) is 0. The summed E-state index contributed by atoms with van der Waals surface area (Å²) >= 11 is 0. The SMILES string of the molecule is Nc1cccc(C(=O)Nc2cncc(Oc3ccc(C(F)(F)F)nc3)n2)c1. The zero-order valence-corrected chi connectivity index (χ0v) is 13.6. The van der Waals surface area contributed by atoms with Crippen molar-refractivity contribution in [3.8, 4) is 11.6 Å². The number of carbonyl (C=O) groups is 1. The van der Waals surface area contributed by atoms with Crippen LogP contribution in [0.3, 0.4) is 0 Å². The van der Waals surface area contributed by atoms with Crippen LogP contribution in [0.15, 0.2) is 55.0 Å². The molecule has 3 rings (SSSR count). The minimum Gasteiger partial charge on any atom is -0.436 e. The summed E-state index contributed by atoms with van der Waals surface area (Å²) in [5.74, 6) is -0.344. The van der Waals surface area contributed by atoms with E-state index in [0.29, 0.717) is 11.3 Å². The normalized spacial score (nSPS) is 11.1. The Morgan fingerprint density at radius 2 is 1.93 bits per heavy atom. The molecule has 0 saturated carbocycles. The Morgan fingerprint density at radius 3 is 2.59 bits per heavy atom. The quantitative estimate of drug-likeness (QED) is 0.677. The van der Waals surface area contributed by atoms with Crippen molar-refractivity contribution in [2.75, 3.05) is 11.1 Å². The smallest absolute Gasteiger partial charge is 0.433 e. The Labute approximate surface area is 151 Å². The predicted octanol–water partition coefficient (Wildman–Crippen LogP) is 3.52. The minimum absolute atomic E-state index is 0.0260. The molecule has 10 heteroatoms. The van der Waals surface area contributed by atoms with E-state index in [1.807, 2.05) is 0 Å². The molecule has 0 radical (unpaired) electrons. The lowest BCUT2D eigenvalue weighted by molar-refractivity contribution is -0.141. The first-order chi connectivity index (χ1) is 12.8. The van der Waals surface area contributed by atoms with Crippen molar-refractivity contribution in [3.05, 3.63) is 66.2 Å². The lowest BCUT2D eigenvalue weighted by Gasteiger charge is -2.09. The van der Waals surface area contributed by atoms with E-state index < -0.39 is 17.8 Å². The van der Waals surface area contributed by atoms with Gasteiger partial charge in [-0.3, -0.25) is 9.78 Å². The minimum atomic E-state index is -4.54. The van der Waals surface area contributed by atoms with Crippen LogP contribution >= 0.6 is 0 Å². The predicted molar refractivity (Wildman–Crippen MR) is 90.2 cm³/mol. The second kappa shape index (κ2) is 7.28. The largest absolute Gasteiger partial charge is 0.436 e. The fourth-order valence-corrected chi connectivity index (χ4v) is 2.05. The van der Waals surface area contributed by atoms with Crippen molar-refractivity contribution in [3.63, 3.8) is 0 Å². The van der Waals surface area contributed by atoms with Gasteiger partial charge in [0.15, 0.2) is 5.82 Å². The van der Waals surface area contributed by atoms with Crippen LogP contribution < -0.4 is 15.8 Å². The highest BCUT2D eigenvalue weighted by molar-refractivity contribution is 6.04. The number of nitrogens with one attached hydrogen (secondary N) is 1. The molecule has 0 unspecified atom stereocenters. The first-order valence-corrected chi connectivity index (χ1v) is 7.51. The maximum atomic E-state index is 12.5. The van der Waals surface area contributed by atoms with Gasteiger partial charge in [-0.25, -0.2) is 4.98 Å². The van der Waals surface area contributed by atoms with E-state index in [4.69, 9.17) is 10.5 Å². The van der Waals surface area contributed by atoms with E-state index in [0.717, 1.165) is 18.3 Å². The Bertz CT molecular complexity index is 961.